The number of rotatable bonds is 4. The summed E-state index contributed by atoms with van der Waals surface area (Å²) >= 11 is 0. The molecular weight excluding hydrogens is 258 g/mol. The van der Waals surface area contributed by atoms with Gasteiger partial charge < -0.3 is 15.5 Å². The van der Waals surface area contributed by atoms with Crippen LogP contribution in [0.25, 0.3) is 0 Å². The molecule has 2 atom stereocenters. The van der Waals surface area contributed by atoms with E-state index in [-0.39, 0.29) is 24.1 Å². The Kier molecular flexibility index (Phi) is 4.54. The minimum atomic E-state index is -1.00. The molecule has 0 saturated heterocycles. The van der Waals surface area contributed by atoms with Crippen molar-refractivity contribution in [1.29, 1.82) is 0 Å². The van der Waals surface area contributed by atoms with Crippen molar-refractivity contribution in [1.82, 2.24) is 10.2 Å². The maximum atomic E-state index is 11.4. The molecule has 3 N–H and O–H groups in total. The zero-order chi connectivity index (χ0) is 14.7. The molecule has 0 amide bonds. The van der Waals surface area contributed by atoms with Gasteiger partial charge in [-0.3, -0.25) is 0 Å². The van der Waals surface area contributed by atoms with Crippen LogP contribution in [-0.2, 0) is 0 Å². The van der Waals surface area contributed by atoms with Crippen LogP contribution in [0.4, 0.5) is 5.82 Å². The first-order valence-electron chi connectivity index (χ1n) is 6.99. The van der Waals surface area contributed by atoms with Crippen molar-refractivity contribution in [3.05, 3.63) is 16.8 Å². The number of aliphatic hydroxyl groups is 1. The number of hydrogen-bond acceptors (Lipinski definition) is 5. The number of nitrogens with zero attached hydrogens (tertiary/aromatic N) is 2. The number of carbonyl (C=O) groups is 1. The van der Waals surface area contributed by atoms with Crippen LogP contribution in [0.15, 0.2) is 0 Å². The molecule has 6 nitrogen and oxygen atoms in total. The predicted molar refractivity (Wildman–Crippen MR) is 74.9 cm³/mol. The molecule has 1 aliphatic carbocycles. The SMILES string of the molecule is Cc1nnc(NC2CCCCC2CO)c(C(=O)O)c1C. The number of hydrogen-bond donors (Lipinski definition) is 3. The number of aryl methyl sites for hydroxylation is 1. The fourth-order valence-electron chi connectivity index (χ4n) is 2.76. The summed E-state index contributed by atoms with van der Waals surface area (Å²) in [5.41, 5.74) is 1.43. The Morgan fingerprint density at radius 2 is 2.00 bits per heavy atom. The molecule has 0 aromatic carbocycles. The fourth-order valence-corrected chi connectivity index (χ4v) is 2.76. The summed E-state index contributed by atoms with van der Waals surface area (Å²) < 4.78 is 0. The van der Waals surface area contributed by atoms with Crippen molar-refractivity contribution < 1.29 is 15.0 Å². The maximum absolute atomic E-state index is 11.4. The lowest BCUT2D eigenvalue weighted by Gasteiger charge is -2.31. The van der Waals surface area contributed by atoms with Crippen molar-refractivity contribution in [2.45, 2.75) is 45.6 Å². The summed E-state index contributed by atoms with van der Waals surface area (Å²) in [6, 6.07) is 0.0586. The predicted octanol–water partition coefficient (Wildman–Crippen LogP) is 1.75. The van der Waals surface area contributed by atoms with Crippen LogP contribution >= 0.6 is 0 Å². The Labute approximate surface area is 118 Å². The third kappa shape index (κ3) is 2.90. The fraction of sp³-hybridized carbons (Fsp3) is 0.643. The van der Waals surface area contributed by atoms with Crippen molar-refractivity contribution in [2.24, 2.45) is 5.92 Å². The van der Waals surface area contributed by atoms with Crippen LogP contribution in [0.3, 0.4) is 0 Å². The average Bonchev–Trinajstić information content (AvgIpc) is 2.43. The van der Waals surface area contributed by atoms with Crippen molar-refractivity contribution in [3.63, 3.8) is 0 Å². The van der Waals surface area contributed by atoms with E-state index < -0.39 is 5.97 Å². The number of anilines is 1. The lowest BCUT2D eigenvalue weighted by atomic mass is 9.85. The smallest absolute Gasteiger partial charge is 0.339 e. The number of aliphatic hydroxyl groups excluding tert-OH is 1. The number of carboxylic acids is 1. The first kappa shape index (κ1) is 14.7. The topological polar surface area (TPSA) is 95.3 Å². The first-order valence-corrected chi connectivity index (χ1v) is 6.99. The standard InChI is InChI=1S/C14H21N3O3/c1-8-9(2)16-17-13(12(8)14(19)20)15-11-6-4-3-5-10(11)7-18/h10-11,18H,3-7H2,1-2H3,(H,15,17)(H,19,20). The lowest BCUT2D eigenvalue weighted by Crippen LogP contribution is -2.35. The summed E-state index contributed by atoms with van der Waals surface area (Å²) in [5, 5.41) is 30.0. The molecule has 0 bridgehead atoms. The molecule has 6 heteroatoms. The van der Waals surface area contributed by atoms with Crippen LogP contribution < -0.4 is 5.32 Å². The first-order chi connectivity index (χ1) is 9.54. The van der Waals surface area contributed by atoms with E-state index in [1.807, 2.05) is 0 Å². The second-order valence-corrected chi connectivity index (χ2v) is 5.42. The molecule has 1 aromatic heterocycles. The molecule has 2 unspecified atom stereocenters. The highest BCUT2D eigenvalue weighted by Gasteiger charge is 2.27. The van der Waals surface area contributed by atoms with E-state index in [2.05, 4.69) is 15.5 Å². The molecule has 110 valence electrons. The van der Waals surface area contributed by atoms with E-state index >= 15 is 0 Å². The number of nitrogens with one attached hydrogen (secondary N) is 1. The van der Waals surface area contributed by atoms with Gasteiger partial charge in [0, 0.05) is 18.6 Å². The Hall–Kier alpha value is -1.69. The van der Waals surface area contributed by atoms with Gasteiger partial charge in [-0.2, -0.15) is 5.10 Å². The van der Waals surface area contributed by atoms with Crippen LogP contribution in [-0.4, -0.2) is 39.0 Å². The molecule has 1 fully saturated rings. The van der Waals surface area contributed by atoms with Gasteiger partial charge in [0.2, 0.25) is 0 Å². The van der Waals surface area contributed by atoms with Gasteiger partial charge in [-0.05, 0) is 32.3 Å². The molecule has 0 spiro atoms. The molecule has 1 saturated carbocycles. The summed E-state index contributed by atoms with van der Waals surface area (Å²) in [7, 11) is 0. The Balaban J connectivity index is 2.28. The van der Waals surface area contributed by atoms with Gasteiger partial charge in [-0.25, -0.2) is 4.79 Å². The molecule has 20 heavy (non-hydrogen) atoms. The van der Waals surface area contributed by atoms with Gasteiger partial charge in [0.25, 0.3) is 0 Å². The van der Waals surface area contributed by atoms with E-state index in [1.54, 1.807) is 13.8 Å². The third-order valence-corrected chi connectivity index (χ3v) is 4.13. The maximum Gasteiger partial charge on any atom is 0.339 e. The van der Waals surface area contributed by atoms with Crippen LogP contribution in [0.5, 0.6) is 0 Å². The van der Waals surface area contributed by atoms with Crippen LogP contribution in [0.2, 0.25) is 0 Å². The molecule has 0 radical (unpaired) electrons. The van der Waals surface area contributed by atoms with Gasteiger partial charge >= 0.3 is 5.97 Å². The second kappa shape index (κ2) is 6.17. The van der Waals surface area contributed by atoms with Gasteiger partial charge in [0.1, 0.15) is 5.56 Å². The minimum absolute atomic E-state index is 0.0586. The average molecular weight is 279 g/mol. The highest BCUT2D eigenvalue weighted by molar-refractivity contribution is 5.94. The lowest BCUT2D eigenvalue weighted by molar-refractivity contribution is 0.0696. The number of aromatic nitrogens is 2. The van der Waals surface area contributed by atoms with Gasteiger partial charge in [0.05, 0.1) is 5.69 Å². The van der Waals surface area contributed by atoms with Gasteiger partial charge in [0.15, 0.2) is 5.82 Å². The highest BCUT2D eigenvalue weighted by atomic mass is 16.4. The molecule has 2 rings (SSSR count). The summed E-state index contributed by atoms with van der Waals surface area (Å²) in [6.07, 6.45) is 4.05. The number of aromatic carboxylic acids is 1. The monoisotopic (exact) mass is 279 g/mol. The van der Waals surface area contributed by atoms with E-state index in [9.17, 15) is 15.0 Å². The van der Waals surface area contributed by atoms with E-state index in [0.29, 0.717) is 17.1 Å². The largest absolute Gasteiger partial charge is 0.478 e. The Morgan fingerprint density at radius 1 is 1.30 bits per heavy atom. The normalized spacial score (nSPS) is 22.6. The molecular formula is C14H21N3O3. The molecule has 1 heterocycles. The van der Waals surface area contributed by atoms with E-state index in [4.69, 9.17) is 0 Å². The Morgan fingerprint density at radius 3 is 2.65 bits per heavy atom. The van der Waals surface area contributed by atoms with Crippen LogP contribution in [0, 0.1) is 19.8 Å². The zero-order valence-electron chi connectivity index (χ0n) is 11.9. The quantitative estimate of drug-likeness (QED) is 0.777. The minimum Gasteiger partial charge on any atom is -0.478 e. The van der Waals surface area contributed by atoms with E-state index in [0.717, 1.165) is 25.7 Å². The van der Waals surface area contributed by atoms with Crippen molar-refractivity contribution >= 4 is 11.8 Å². The van der Waals surface area contributed by atoms with Crippen molar-refractivity contribution in [3.8, 4) is 0 Å². The Bertz CT molecular complexity index is 505. The summed E-state index contributed by atoms with van der Waals surface area (Å²) in [6.45, 7) is 3.59. The van der Waals surface area contributed by atoms with Crippen molar-refractivity contribution in [2.75, 3.05) is 11.9 Å². The molecule has 1 aromatic rings. The number of carboxylic acid groups (broad SMARTS) is 1. The summed E-state index contributed by atoms with van der Waals surface area (Å²) in [5.74, 6) is -0.542. The van der Waals surface area contributed by atoms with Gasteiger partial charge in [-0.1, -0.05) is 12.8 Å². The van der Waals surface area contributed by atoms with Gasteiger partial charge in [-0.15, -0.1) is 5.10 Å². The third-order valence-electron chi connectivity index (χ3n) is 4.13. The summed E-state index contributed by atoms with van der Waals surface area (Å²) in [4.78, 5) is 11.4. The molecule has 0 aliphatic heterocycles. The molecule has 1 aliphatic rings. The van der Waals surface area contributed by atoms with Crippen LogP contribution in [0.1, 0.15) is 47.3 Å². The van der Waals surface area contributed by atoms with E-state index in [1.165, 1.54) is 0 Å². The highest BCUT2D eigenvalue weighted by Crippen LogP contribution is 2.28. The second-order valence-electron chi connectivity index (χ2n) is 5.42. The zero-order valence-corrected chi connectivity index (χ0v) is 11.9.